The monoisotopic (exact) mass is 192 g/mol. The predicted molar refractivity (Wildman–Crippen MR) is 60.8 cm³/mol. The summed E-state index contributed by atoms with van der Waals surface area (Å²) in [5.41, 5.74) is 5.42. The summed E-state index contributed by atoms with van der Waals surface area (Å²) in [6, 6.07) is 0. The summed E-state index contributed by atoms with van der Waals surface area (Å²) in [5, 5.41) is 8.63. The lowest BCUT2D eigenvalue weighted by molar-refractivity contribution is 0.305. The van der Waals surface area contributed by atoms with Gasteiger partial charge in [-0.1, -0.05) is 32.6 Å². The Morgan fingerprint density at radius 1 is 1.21 bits per heavy atom. The molecule has 14 heavy (non-hydrogen) atoms. The molecule has 0 aromatic carbocycles. The molecule has 0 unspecified atom stereocenters. The lowest BCUT2D eigenvalue weighted by Crippen LogP contribution is -2.07. The first-order chi connectivity index (χ1) is 6.38. The van der Waals surface area contributed by atoms with Crippen LogP contribution in [0, 0.1) is 17.3 Å². The van der Waals surface area contributed by atoms with Gasteiger partial charge in [-0.2, -0.15) is 0 Å². The van der Waals surface area contributed by atoms with Crippen molar-refractivity contribution in [3.05, 3.63) is 16.9 Å². The molecule has 0 bridgehead atoms. The minimum Gasteiger partial charge on any atom is -0.395 e. The maximum absolute atomic E-state index is 8.63. The molecule has 0 aromatic heterocycles. The van der Waals surface area contributed by atoms with E-state index in [0.29, 0.717) is 6.42 Å². The summed E-state index contributed by atoms with van der Waals surface area (Å²) in [6.45, 7) is 10.5. The molecule has 0 spiro atoms. The third kappa shape index (κ3) is 5.65. The molecule has 0 atom stereocenters. The average molecular weight is 192 g/mol. The fraction of sp³-hybridized carbons (Fsp3) is 0.615. The van der Waals surface area contributed by atoms with Crippen LogP contribution in [-0.4, -0.2) is 11.7 Å². The van der Waals surface area contributed by atoms with Gasteiger partial charge in [0.05, 0.1) is 6.61 Å². The van der Waals surface area contributed by atoms with Gasteiger partial charge in [-0.15, -0.1) is 5.73 Å². The van der Waals surface area contributed by atoms with Crippen molar-refractivity contribution in [3.8, 4) is 11.8 Å². The molecular formula is C13H20O. The van der Waals surface area contributed by atoms with Gasteiger partial charge in [-0.25, -0.2) is 0 Å². The molecule has 0 amide bonds. The molecule has 0 heterocycles. The van der Waals surface area contributed by atoms with Crippen LogP contribution in [0.15, 0.2) is 16.9 Å². The second kappa shape index (κ2) is 5.70. The Bertz CT molecular complexity index is 294. The standard InChI is InChI=1S/C13H20O/c1-11(2)10-12(13(3,4)5)8-6-7-9-14/h14H,7,9H2,1-5H3. The van der Waals surface area contributed by atoms with E-state index in [1.807, 2.05) is 13.8 Å². The van der Waals surface area contributed by atoms with Gasteiger partial charge in [0.2, 0.25) is 0 Å². The number of hydrogen-bond donors (Lipinski definition) is 1. The zero-order valence-electron chi connectivity index (χ0n) is 9.86. The molecule has 78 valence electrons. The Morgan fingerprint density at radius 3 is 2.14 bits per heavy atom. The van der Waals surface area contributed by atoms with Crippen LogP contribution in [0.25, 0.3) is 0 Å². The van der Waals surface area contributed by atoms with Crippen LogP contribution in [0.5, 0.6) is 0 Å². The second-order valence-electron chi connectivity index (χ2n) is 4.53. The van der Waals surface area contributed by atoms with Gasteiger partial charge in [0.1, 0.15) is 0 Å². The third-order valence-corrected chi connectivity index (χ3v) is 1.58. The minimum absolute atomic E-state index is 0.0275. The second-order valence-corrected chi connectivity index (χ2v) is 4.53. The summed E-state index contributed by atoms with van der Waals surface area (Å²) in [6.07, 6.45) is 0.532. The largest absolute Gasteiger partial charge is 0.395 e. The first-order valence-corrected chi connectivity index (χ1v) is 4.92. The smallest absolute Gasteiger partial charge is 0.0540 e. The Kier molecular flexibility index (Phi) is 5.31. The summed E-state index contributed by atoms with van der Waals surface area (Å²) >= 11 is 0. The van der Waals surface area contributed by atoms with Crippen molar-refractivity contribution < 1.29 is 5.11 Å². The van der Waals surface area contributed by atoms with E-state index in [-0.39, 0.29) is 12.0 Å². The number of rotatable bonds is 1. The van der Waals surface area contributed by atoms with Crippen molar-refractivity contribution in [2.75, 3.05) is 6.61 Å². The number of hydrogen-bond acceptors (Lipinski definition) is 1. The third-order valence-electron chi connectivity index (χ3n) is 1.58. The van der Waals surface area contributed by atoms with Gasteiger partial charge in [-0.05, 0) is 19.4 Å². The first kappa shape index (κ1) is 13.0. The van der Waals surface area contributed by atoms with Crippen molar-refractivity contribution in [2.45, 2.75) is 41.0 Å². The van der Waals surface area contributed by atoms with E-state index < -0.39 is 0 Å². The molecule has 0 aliphatic rings. The molecule has 0 saturated carbocycles. The Labute approximate surface area is 87.5 Å². The molecule has 0 aromatic rings. The first-order valence-electron chi connectivity index (χ1n) is 4.92. The zero-order chi connectivity index (χ0) is 11.2. The molecule has 0 rings (SSSR count). The highest BCUT2D eigenvalue weighted by atomic mass is 16.2. The van der Waals surface area contributed by atoms with Crippen molar-refractivity contribution in [1.82, 2.24) is 0 Å². The van der Waals surface area contributed by atoms with Crippen LogP contribution in [0.4, 0.5) is 0 Å². The molecule has 0 aliphatic carbocycles. The van der Waals surface area contributed by atoms with Crippen LogP contribution in [-0.2, 0) is 0 Å². The number of aliphatic hydroxyl groups is 1. The topological polar surface area (TPSA) is 20.2 Å². The molecule has 0 fully saturated rings. The molecule has 0 saturated heterocycles. The van der Waals surface area contributed by atoms with E-state index in [1.165, 1.54) is 0 Å². The summed E-state index contributed by atoms with van der Waals surface area (Å²) in [5.74, 6) is 6.00. The Morgan fingerprint density at radius 2 is 1.79 bits per heavy atom. The van der Waals surface area contributed by atoms with Crippen LogP contribution < -0.4 is 0 Å². The molecule has 1 heteroatoms. The molecule has 0 aliphatic heterocycles. The summed E-state index contributed by atoms with van der Waals surface area (Å²) in [7, 11) is 0. The summed E-state index contributed by atoms with van der Waals surface area (Å²) in [4.78, 5) is 0. The SMILES string of the molecule is CC(C)=C=C(C#CCCO)C(C)(C)C. The van der Waals surface area contributed by atoms with Gasteiger partial charge >= 0.3 is 0 Å². The molecule has 1 nitrogen and oxygen atoms in total. The van der Waals surface area contributed by atoms with Crippen LogP contribution in [0.3, 0.4) is 0 Å². The van der Waals surface area contributed by atoms with E-state index in [2.05, 4.69) is 38.3 Å². The van der Waals surface area contributed by atoms with E-state index >= 15 is 0 Å². The maximum Gasteiger partial charge on any atom is 0.0540 e. The molecule has 1 N–H and O–H groups in total. The summed E-state index contributed by atoms with van der Waals surface area (Å²) < 4.78 is 0. The van der Waals surface area contributed by atoms with Gasteiger partial charge in [-0.3, -0.25) is 0 Å². The van der Waals surface area contributed by atoms with E-state index in [1.54, 1.807) is 0 Å². The van der Waals surface area contributed by atoms with Gasteiger partial charge in [0, 0.05) is 17.4 Å². The highest BCUT2D eigenvalue weighted by Crippen LogP contribution is 2.23. The maximum atomic E-state index is 8.63. The van der Waals surface area contributed by atoms with Gasteiger partial charge in [0.15, 0.2) is 0 Å². The normalized spacial score (nSPS) is 9.86. The molecular weight excluding hydrogens is 172 g/mol. The van der Waals surface area contributed by atoms with Crippen LogP contribution >= 0.6 is 0 Å². The minimum atomic E-state index is 0.0275. The fourth-order valence-corrected chi connectivity index (χ4v) is 0.863. The lowest BCUT2D eigenvalue weighted by atomic mass is 9.87. The highest BCUT2D eigenvalue weighted by molar-refractivity contribution is 5.33. The van der Waals surface area contributed by atoms with Crippen molar-refractivity contribution in [2.24, 2.45) is 5.41 Å². The van der Waals surface area contributed by atoms with E-state index in [0.717, 1.165) is 11.1 Å². The van der Waals surface area contributed by atoms with Crippen LogP contribution in [0.1, 0.15) is 41.0 Å². The van der Waals surface area contributed by atoms with Gasteiger partial charge in [0.25, 0.3) is 0 Å². The quantitative estimate of drug-likeness (QED) is 0.500. The van der Waals surface area contributed by atoms with Crippen molar-refractivity contribution >= 4 is 0 Å². The van der Waals surface area contributed by atoms with Crippen LogP contribution in [0.2, 0.25) is 0 Å². The van der Waals surface area contributed by atoms with Gasteiger partial charge < -0.3 is 5.11 Å². The Hall–Kier alpha value is -0.960. The van der Waals surface area contributed by atoms with E-state index in [4.69, 9.17) is 5.11 Å². The zero-order valence-corrected chi connectivity index (χ0v) is 9.86. The lowest BCUT2D eigenvalue weighted by Gasteiger charge is -2.16. The number of aliphatic hydroxyl groups excluding tert-OH is 1. The van der Waals surface area contributed by atoms with Crippen molar-refractivity contribution in [3.63, 3.8) is 0 Å². The Balaban J connectivity index is 5.00. The molecule has 0 radical (unpaired) electrons. The van der Waals surface area contributed by atoms with Crippen molar-refractivity contribution in [1.29, 1.82) is 0 Å². The highest BCUT2D eigenvalue weighted by Gasteiger charge is 2.14. The number of allylic oxidation sites excluding steroid dienone is 1. The predicted octanol–water partition coefficient (Wildman–Crippen LogP) is 2.91. The fourth-order valence-electron chi connectivity index (χ4n) is 0.863. The van der Waals surface area contributed by atoms with E-state index in [9.17, 15) is 0 Å². The average Bonchev–Trinajstić information content (AvgIpc) is 2.00.